The van der Waals surface area contributed by atoms with Crippen molar-refractivity contribution in [2.45, 2.75) is 44.8 Å². The molecule has 2 aliphatic rings. The molecule has 0 saturated carbocycles. The number of nitrogens with two attached hydrogens (primary N) is 1. The molecule has 5 nitrogen and oxygen atoms in total. The van der Waals surface area contributed by atoms with Crippen LogP contribution in [0.15, 0.2) is 6.20 Å². The molecule has 3 N–H and O–H groups in total. The number of fused-ring (bicyclic) bond motifs is 2. The van der Waals surface area contributed by atoms with Crippen molar-refractivity contribution in [3.63, 3.8) is 0 Å². The topological polar surface area (TPSA) is 75.3 Å². The number of nitrogens with zero attached hydrogens (tertiary/aromatic N) is 3. The van der Waals surface area contributed by atoms with Crippen LogP contribution in [0.25, 0.3) is 0 Å². The summed E-state index contributed by atoms with van der Waals surface area (Å²) in [4.78, 5) is 11.0. The molecule has 0 amide bonds. The largest absolute Gasteiger partial charge is 0.393 e. The van der Waals surface area contributed by atoms with Gasteiger partial charge in [0, 0.05) is 30.4 Å². The smallest absolute Gasteiger partial charge is 0.220 e. The number of aromatic nitrogens is 2. The first-order valence-corrected chi connectivity index (χ1v) is 7.21. The van der Waals surface area contributed by atoms with Crippen LogP contribution in [0.5, 0.6) is 0 Å². The van der Waals surface area contributed by atoms with E-state index >= 15 is 0 Å². The molecule has 2 heterocycles. The second kappa shape index (κ2) is 5.06. The molecule has 0 aromatic carbocycles. The highest BCUT2D eigenvalue weighted by atomic mass is 16.3. The van der Waals surface area contributed by atoms with Crippen molar-refractivity contribution in [1.29, 1.82) is 0 Å². The van der Waals surface area contributed by atoms with Gasteiger partial charge >= 0.3 is 0 Å². The fraction of sp³-hybridized carbons (Fsp3) is 0.714. The Morgan fingerprint density at radius 2 is 2.32 bits per heavy atom. The Bertz CT molecular complexity index is 465. The normalized spacial score (nSPS) is 30.7. The van der Waals surface area contributed by atoms with Gasteiger partial charge in [-0.25, -0.2) is 9.97 Å². The number of anilines is 1. The summed E-state index contributed by atoms with van der Waals surface area (Å²) in [6, 6.07) is 0.434. The van der Waals surface area contributed by atoms with Crippen molar-refractivity contribution in [3.05, 3.63) is 17.5 Å². The van der Waals surface area contributed by atoms with Crippen molar-refractivity contribution in [3.8, 4) is 0 Å². The zero-order valence-corrected chi connectivity index (χ0v) is 11.4. The summed E-state index contributed by atoms with van der Waals surface area (Å²) in [6.45, 7) is 4.32. The number of hydrogen-bond donors (Lipinski definition) is 2. The van der Waals surface area contributed by atoms with Crippen LogP contribution >= 0.6 is 0 Å². The average molecular weight is 262 g/mol. The van der Waals surface area contributed by atoms with Gasteiger partial charge in [-0.05, 0) is 37.8 Å². The Kier molecular flexibility index (Phi) is 3.41. The highest BCUT2D eigenvalue weighted by molar-refractivity contribution is 5.29. The van der Waals surface area contributed by atoms with E-state index in [0.717, 1.165) is 44.5 Å². The standard InChI is InChI=1S/C14H22N4O/c1-2-4-18-5-3-13(19)10-7-11-9(6-12(10)18)8-16-14(15)17-11/h8,10,12-13,19H,2-7H2,1H3,(H2,15,16,17). The van der Waals surface area contributed by atoms with Gasteiger partial charge in [0.05, 0.1) is 6.10 Å². The average Bonchev–Trinajstić information content (AvgIpc) is 2.41. The van der Waals surface area contributed by atoms with Crippen molar-refractivity contribution in [2.75, 3.05) is 18.8 Å². The molecule has 19 heavy (non-hydrogen) atoms. The van der Waals surface area contributed by atoms with Gasteiger partial charge in [-0.2, -0.15) is 0 Å². The Morgan fingerprint density at radius 1 is 1.47 bits per heavy atom. The minimum atomic E-state index is -0.206. The van der Waals surface area contributed by atoms with Gasteiger partial charge < -0.3 is 10.8 Å². The van der Waals surface area contributed by atoms with Crippen LogP contribution < -0.4 is 5.73 Å². The lowest BCUT2D eigenvalue weighted by atomic mass is 9.75. The van der Waals surface area contributed by atoms with Crippen molar-refractivity contribution < 1.29 is 5.11 Å². The van der Waals surface area contributed by atoms with Gasteiger partial charge in [-0.15, -0.1) is 0 Å². The number of aliphatic hydroxyl groups is 1. The molecule has 3 rings (SSSR count). The van der Waals surface area contributed by atoms with E-state index in [9.17, 15) is 5.11 Å². The van der Waals surface area contributed by atoms with Gasteiger partial charge in [-0.1, -0.05) is 6.92 Å². The highest BCUT2D eigenvalue weighted by Crippen LogP contribution is 2.34. The molecule has 3 atom stereocenters. The molecule has 0 spiro atoms. The zero-order chi connectivity index (χ0) is 13.4. The lowest BCUT2D eigenvalue weighted by molar-refractivity contribution is -0.0211. The molecule has 0 radical (unpaired) electrons. The lowest BCUT2D eigenvalue weighted by Gasteiger charge is -2.46. The third-order valence-electron chi connectivity index (χ3n) is 4.51. The molecule has 1 saturated heterocycles. The van der Waals surface area contributed by atoms with Crippen LogP contribution in [0.3, 0.4) is 0 Å². The molecule has 1 aliphatic carbocycles. The van der Waals surface area contributed by atoms with Gasteiger partial charge in [0.1, 0.15) is 0 Å². The van der Waals surface area contributed by atoms with Crippen molar-refractivity contribution >= 4 is 5.95 Å². The number of rotatable bonds is 2. The number of likely N-dealkylation sites (tertiary alicyclic amines) is 1. The van der Waals surface area contributed by atoms with E-state index in [2.05, 4.69) is 21.8 Å². The molecular weight excluding hydrogens is 240 g/mol. The fourth-order valence-corrected chi connectivity index (χ4v) is 3.58. The summed E-state index contributed by atoms with van der Waals surface area (Å²) in [5.41, 5.74) is 7.90. The maximum atomic E-state index is 10.3. The zero-order valence-electron chi connectivity index (χ0n) is 11.4. The minimum absolute atomic E-state index is 0.206. The third kappa shape index (κ3) is 2.32. The first-order valence-electron chi connectivity index (χ1n) is 7.21. The molecular formula is C14H22N4O. The van der Waals surface area contributed by atoms with E-state index in [1.165, 1.54) is 5.56 Å². The van der Waals surface area contributed by atoms with E-state index in [1.807, 2.05) is 6.20 Å². The van der Waals surface area contributed by atoms with E-state index in [-0.39, 0.29) is 6.10 Å². The second-order valence-electron chi connectivity index (χ2n) is 5.73. The molecule has 1 fully saturated rings. The number of hydrogen-bond acceptors (Lipinski definition) is 5. The maximum absolute atomic E-state index is 10.3. The van der Waals surface area contributed by atoms with Gasteiger partial charge in [-0.3, -0.25) is 4.90 Å². The minimum Gasteiger partial charge on any atom is -0.393 e. The predicted molar refractivity (Wildman–Crippen MR) is 73.6 cm³/mol. The third-order valence-corrected chi connectivity index (χ3v) is 4.51. The van der Waals surface area contributed by atoms with Crippen molar-refractivity contribution in [2.24, 2.45) is 5.92 Å². The summed E-state index contributed by atoms with van der Waals surface area (Å²) in [5.74, 6) is 0.634. The van der Waals surface area contributed by atoms with E-state index in [1.54, 1.807) is 0 Å². The Labute approximate surface area is 113 Å². The molecule has 3 unspecified atom stereocenters. The molecule has 1 aromatic rings. The van der Waals surface area contributed by atoms with Crippen LogP contribution in [-0.4, -0.2) is 45.2 Å². The summed E-state index contributed by atoms with van der Waals surface area (Å²) in [7, 11) is 0. The number of piperidine rings is 1. The van der Waals surface area contributed by atoms with E-state index in [4.69, 9.17) is 5.73 Å². The Hall–Kier alpha value is -1.20. The van der Waals surface area contributed by atoms with Gasteiger partial charge in [0.15, 0.2) is 0 Å². The predicted octanol–water partition coefficient (Wildman–Crippen LogP) is 0.619. The summed E-state index contributed by atoms with van der Waals surface area (Å²) in [6.07, 6.45) is 5.45. The molecule has 5 heteroatoms. The Morgan fingerprint density at radius 3 is 3.11 bits per heavy atom. The number of aliphatic hydroxyl groups excluding tert-OH is 1. The maximum Gasteiger partial charge on any atom is 0.220 e. The SMILES string of the molecule is CCCN1CCC(O)C2Cc3nc(N)ncc3CC21. The highest BCUT2D eigenvalue weighted by Gasteiger charge is 2.40. The monoisotopic (exact) mass is 262 g/mol. The fourth-order valence-electron chi connectivity index (χ4n) is 3.58. The van der Waals surface area contributed by atoms with Crippen LogP contribution in [0.1, 0.15) is 31.0 Å². The van der Waals surface area contributed by atoms with Crippen LogP contribution in [0.4, 0.5) is 5.95 Å². The quantitative estimate of drug-likeness (QED) is 0.817. The molecule has 0 bridgehead atoms. The molecule has 1 aliphatic heterocycles. The summed E-state index contributed by atoms with van der Waals surface area (Å²) in [5, 5.41) is 10.3. The second-order valence-corrected chi connectivity index (χ2v) is 5.73. The van der Waals surface area contributed by atoms with Gasteiger partial charge in [0.2, 0.25) is 5.95 Å². The van der Waals surface area contributed by atoms with Crippen molar-refractivity contribution in [1.82, 2.24) is 14.9 Å². The Balaban J connectivity index is 1.89. The van der Waals surface area contributed by atoms with Crippen LogP contribution in [-0.2, 0) is 12.8 Å². The van der Waals surface area contributed by atoms with Gasteiger partial charge in [0.25, 0.3) is 0 Å². The van der Waals surface area contributed by atoms with E-state index < -0.39 is 0 Å². The first kappa shape index (κ1) is 12.8. The molecule has 1 aromatic heterocycles. The summed E-state index contributed by atoms with van der Waals surface area (Å²) >= 11 is 0. The van der Waals surface area contributed by atoms with Crippen LogP contribution in [0, 0.1) is 5.92 Å². The molecule has 104 valence electrons. The van der Waals surface area contributed by atoms with Crippen LogP contribution in [0.2, 0.25) is 0 Å². The van der Waals surface area contributed by atoms with E-state index in [0.29, 0.717) is 17.9 Å². The number of nitrogen functional groups attached to an aromatic ring is 1. The lowest BCUT2D eigenvalue weighted by Crippen LogP contribution is -2.54. The summed E-state index contributed by atoms with van der Waals surface area (Å²) < 4.78 is 0. The first-order chi connectivity index (χ1) is 9.19.